The van der Waals surface area contributed by atoms with Gasteiger partial charge in [0.25, 0.3) is 5.56 Å². The third kappa shape index (κ3) is 1.75. The second kappa shape index (κ2) is 4.49. The van der Waals surface area contributed by atoms with Gasteiger partial charge in [-0.3, -0.25) is 13.9 Å². The van der Waals surface area contributed by atoms with E-state index in [0.717, 1.165) is 4.57 Å². The fourth-order valence-electron chi connectivity index (χ4n) is 1.32. The van der Waals surface area contributed by atoms with Crippen molar-refractivity contribution in [2.24, 2.45) is 14.1 Å². The summed E-state index contributed by atoms with van der Waals surface area (Å²) in [6.07, 6.45) is 1.57. The van der Waals surface area contributed by atoms with Gasteiger partial charge in [0.15, 0.2) is 5.56 Å². The van der Waals surface area contributed by atoms with Crippen LogP contribution in [0.4, 0.5) is 5.82 Å². The molecular weight excluding hydrogens is 208 g/mol. The van der Waals surface area contributed by atoms with Crippen LogP contribution >= 0.6 is 0 Å². The van der Waals surface area contributed by atoms with Crippen LogP contribution in [-0.4, -0.2) is 15.7 Å². The van der Waals surface area contributed by atoms with Crippen molar-refractivity contribution in [2.75, 3.05) is 11.9 Å². The Kier molecular flexibility index (Phi) is 3.30. The van der Waals surface area contributed by atoms with Gasteiger partial charge in [-0.25, -0.2) is 4.79 Å². The van der Waals surface area contributed by atoms with Crippen molar-refractivity contribution in [3.8, 4) is 6.07 Å². The summed E-state index contributed by atoms with van der Waals surface area (Å²) in [7, 11) is 2.83. The summed E-state index contributed by atoms with van der Waals surface area (Å²) in [5.41, 5.74) is -1.15. The van der Waals surface area contributed by atoms with Crippen LogP contribution in [0.5, 0.6) is 0 Å². The number of nitriles is 1. The van der Waals surface area contributed by atoms with Crippen LogP contribution in [0.25, 0.3) is 0 Å². The molecule has 1 N–H and O–H groups in total. The molecule has 1 heterocycles. The highest BCUT2D eigenvalue weighted by molar-refractivity contribution is 5.51. The SMILES string of the molecule is C=CCNc1c(C#N)c(=O)n(C)c(=O)n1C. The van der Waals surface area contributed by atoms with Crippen LogP contribution in [-0.2, 0) is 14.1 Å². The van der Waals surface area contributed by atoms with E-state index in [-0.39, 0.29) is 11.4 Å². The van der Waals surface area contributed by atoms with Crippen molar-refractivity contribution in [1.82, 2.24) is 9.13 Å². The van der Waals surface area contributed by atoms with E-state index in [1.165, 1.54) is 18.7 Å². The van der Waals surface area contributed by atoms with Crippen molar-refractivity contribution in [1.29, 1.82) is 5.26 Å². The van der Waals surface area contributed by atoms with Gasteiger partial charge in [0.05, 0.1) is 0 Å². The van der Waals surface area contributed by atoms with Crippen LogP contribution in [0.1, 0.15) is 5.56 Å². The Hall–Kier alpha value is -2.29. The van der Waals surface area contributed by atoms with Crippen LogP contribution in [0.3, 0.4) is 0 Å². The fraction of sp³-hybridized carbons (Fsp3) is 0.300. The summed E-state index contributed by atoms with van der Waals surface area (Å²) in [4.78, 5) is 23.2. The lowest BCUT2D eigenvalue weighted by Crippen LogP contribution is -2.39. The van der Waals surface area contributed by atoms with E-state index < -0.39 is 11.2 Å². The van der Waals surface area contributed by atoms with E-state index in [2.05, 4.69) is 11.9 Å². The molecule has 0 aliphatic carbocycles. The molecule has 0 aliphatic heterocycles. The van der Waals surface area contributed by atoms with E-state index in [1.807, 2.05) is 0 Å². The monoisotopic (exact) mass is 220 g/mol. The second-order valence-corrected chi connectivity index (χ2v) is 3.21. The Morgan fingerprint density at radius 2 is 2.06 bits per heavy atom. The Labute approximate surface area is 92.1 Å². The average Bonchev–Trinajstić information content (AvgIpc) is 2.29. The molecule has 0 unspecified atom stereocenters. The van der Waals surface area contributed by atoms with Crippen LogP contribution in [0.15, 0.2) is 22.2 Å². The highest BCUT2D eigenvalue weighted by atomic mass is 16.2. The van der Waals surface area contributed by atoms with Crippen molar-refractivity contribution in [3.05, 3.63) is 39.1 Å². The van der Waals surface area contributed by atoms with Crippen LogP contribution in [0, 0.1) is 11.3 Å². The lowest BCUT2D eigenvalue weighted by atomic mass is 10.3. The number of hydrogen-bond acceptors (Lipinski definition) is 4. The molecule has 0 amide bonds. The Morgan fingerprint density at radius 1 is 1.44 bits per heavy atom. The first kappa shape index (κ1) is 11.8. The zero-order chi connectivity index (χ0) is 12.3. The molecular formula is C10H12N4O2. The molecule has 0 fully saturated rings. The number of rotatable bonds is 3. The van der Waals surface area contributed by atoms with E-state index in [9.17, 15) is 9.59 Å². The van der Waals surface area contributed by atoms with Gasteiger partial charge in [-0.1, -0.05) is 6.08 Å². The molecule has 6 nitrogen and oxygen atoms in total. The third-order valence-electron chi connectivity index (χ3n) is 2.19. The van der Waals surface area contributed by atoms with Crippen molar-refractivity contribution < 1.29 is 0 Å². The maximum Gasteiger partial charge on any atom is 0.332 e. The summed E-state index contributed by atoms with van der Waals surface area (Å²) in [6, 6.07) is 1.79. The molecule has 1 rings (SSSR count). The summed E-state index contributed by atoms with van der Waals surface area (Å²) in [5, 5.41) is 11.7. The first-order chi connectivity index (χ1) is 7.54. The number of hydrogen-bond donors (Lipinski definition) is 1. The molecule has 1 aromatic heterocycles. The predicted octanol–water partition coefficient (Wildman–Crippen LogP) is -0.446. The summed E-state index contributed by atoms with van der Waals surface area (Å²) in [5.74, 6) is 0.218. The van der Waals surface area contributed by atoms with Crippen molar-refractivity contribution in [2.45, 2.75) is 0 Å². The smallest absolute Gasteiger partial charge is 0.332 e. The lowest BCUT2D eigenvalue weighted by molar-refractivity contribution is 0.687. The molecule has 84 valence electrons. The van der Waals surface area contributed by atoms with Crippen LogP contribution < -0.4 is 16.6 Å². The minimum Gasteiger partial charge on any atom is -0.367 e. The third-order valence-corrected chi connectivity index (χ3v) is 2.19. The van der Waals surface area contributed by atoms with E-state index in [4.69, 9.17) is 5.26 Å². The van der Waals surface area contributed by atoms with Gasteiger partial charge in [0.2, 0.25) is 0 Å². The highest BCUT2D eigenvalue weighted by Gasteiger charge is 2.14. The van der Waals surface area contributed by atoms with Gasteiger partial charge >= 0.3 is 5.69 Å². The second-order valence-electron chi connectivity index (χ2n) is 3.21. The molecule has 0 radical (unpaired) electrons. The maximum absolute atomic E-state index is 11.6. The molecule has 1 aromatic rings. The minimum absolute atomic E-state index is 0.0774. The standard InChI is InChI=1S/C10H12N4O2/c1-4-5-12-8-7(6-11)9(15)14(3)10(16)13(8)2/h4,12H,1,5H2,2-3H3. The number of nitrogens with zero attached hydrogens (tertiary/aromatic N) is 3. The Bertz CT molecular complexity index is 574. The maximum atomic E-state index is 11.6. The van der Waals surface area contributed by atoms with Gasteiger partial charge in [-0.05, 0) is 0 Å². The quantitative estimate of drug-likeness (QED) is 0.700. The molecule has 0 aromatic carbocycles. The summed E-state index contributed by atoms with van der Waals surface area (Å²) < 4.78 is 2.13. The normalized spacial score (nSPS) is 9.56. The van der Waals surface area contributed by atoms with Gasteiger partial charge in [0, 0.05) is 20.6 Å². The van der Waals surface area contributed by atoms with Crippen LogP contribution in [0.2, 0.25) is 0 Å². The molecule has 0 aliphatic rings. The van der Waals surface area contributed by atoms with Crippen molar-refractivity contribution >= 4 is 5.82 Å². The zero-order valence-electron chi connectivity index (χ0n) is 9.15. The summed E-state index contributed by atoms with van der Waals surface area (Å²) >= 11 is 0. The van der Waals surface area contributed by atoms with Gasteiger partial charge < -0.3 is 5.32 Å². The average molecular weight is 220 g/mol. The minimum atomic E-state index is -0.600. The first-order valence-corrected chi connectivity index (χ1v) is 4.59. The number of anilines is 1. The van der Waals surface area contributed by atoms with Crippen molar-refractivity contribution in [3.63, 3.8) is 0 Å². The van der Waals surface area contributed by atoms with Gasteiger partial charge in [0.1, 0.15) is 11.9 Å². The lowest BCUT2D eigenvalue weighted by Gasteiger charge is -2.11. The zero-order valence-corrected chi connectivity index (χ0v) is 9.15. The molecule has 6 heteroatoms. The molecule has 0 saturated carbocycles. The molecule has 0 spiro atoms. The summed E-state index contributed by atoms with van der Waals surface area (Å²) in [6.45, 7) is 3.88. The largest absolute Gasteiger partial charge is 0.367 e. The van der Waals surface area contributed by atoms with Gasteiger partial charge in [-0.2, -0.15) is 5.26 Å². The van der Waals surface area contributed by atoms with E-state index >= 15 is 0 Å². The van der Waals surface area contributed by atoms with E-state index in [1.54, 1.807) is 12.1 Å². The van der Waals surface area contributed by atoms with E-state index in [0.29, 0.717) is 6.54 Å². The Balaban J connectivity index is 3.59. The fourth-order valence-corrected chi connectivity index (χ4v) is 1.32. The number of nitrogens with one attached hydrogen (secondary N) is 1. The molecule has 0 bridgehead atoms. The molecule has 16 heavy (non-hydrogen) atoms. The topological polar surface area (TPSA) is 79.8 Å². The molecule has 0 atom stereocenters. The van der Waals surface area contributed by atoms with Gasteiger partial charge in [-0.15, -0.1) is 6.58 Å². The highest BCUT2D eigenvalue weighted by Crippen LogP contribution is 2.05. The Morgan fingerprint density at radius 3 is 2.56 bits per heavy atom. The first-order valence-electron chi connectivity index (χ1n) is 4.59. The predicted molar refractivity (Wildman–Crippen MR) is 60.3 cm³/mol. The number of aromatic nitrogens is 2. The molecule has 0 saturated heterocycles.